The number of halogens is 7. The second-order valence-electron chi connectivity index (χ2n) is 5.82. The molecular formula is C17H12F7NO2. The number of hydrogen-bond donors (Lipinski definition) is 1. The Morgan fingerprint density at radius 2 is 1.67 bits per heavy atom. The number of alkyl halides is 6. The van der Waals surface area contributed by atoms with Crippen molar-refractivity contribution in [1.82, 2.24) is 0 Å². The highest BCUT2D eigenvalue weighted by Crippen LogP contribution is 2.47. The van der Waals surface area contributed by atoms with Gasteiger partial charge in [0.05, 0.1) is 11.1 Å². The summed E-state index contributed by atoms with van der Waals surface area (Å²) in [6.07, 6.45) is -10.8. The zero-order valence-corrected chi connectivity index (χ0v) is 13.4. The average Bonchev–Trinajstić information content (AvgIpc) is 2.58. The van der Waals surface area contributed by atoms with Gasteiger partial charge in [0.2, 0.25) is 0 Å². The van der Waals surface area contributed by atoms with Crippen LogP contribution in [0.15, 0.2) is 30.3 Å². The van der Waals surface area contributed by atoms with Gasteiger partial charge < -0.3 is 15.2 Å². The second kappa shape index (κ2) is 6.59. The molecule has 0 saturated heterocycles. The summed E-state index contributed by atoms with van der Waals surface area (Å²) in [6.45, 7) is -0.0546. The molecule has 0 unspecified atom stereocenters. The summed E-state index contributed by atoms with van der Waals surface area (Å²) in [6, 6.07) is 2.78. The first kappa shape index (κ1) is 19.3. The third-order valence-corrected chi connectivity index (χ3v) is 3.93. The van der Waals surface area contributed by atoms with Gasteiger partial charge in [-0.15, -0.1) is 0 Å². The minimum atomic E-state index is -5.11. The van der Waals surface area contributed by atoms with Crippen LogP contribution >= 0.6 is 0 Å². The molecule has 0 fully saturated rings. The van der Waals surface area contributed by atoms with Gasteiger partial charge in [-0.3, -0.25) is 0 Å². The van der Waals surface area contributed by atoms with Crippen molar-refractivity contribution in [2.45, 2.75) is 18.5 Å². The standard InChI is InChI=1S/C17H12F7NO2/c18-9-4-12(15-14(5-9)26-7-10(6-25)27-15)11-2-1-8(16(19,20)21)3-13(11)17(22,23)24/h1-5,10H,6-7,25H2/t10-/m0/s1. The van der Waals surface area contributed by atoms with Gasteiger partial charge in [0.1, 0.15) is 18.5 Å². The lowest BCUT2D eigenvalue weighted by Crippen LogP contribution is -2.36. The van der Waals surface area contributed by atoms with Crippen LogP contribution in [-0.4, -0.2) is 19.3 Å². The summed E-state index contributed by atoms with van der Waals surface area (Å²) < 4.78 is 103. The fraction of sp³-hybridized carbons (Fsp3) is 0.294. The first-order chi connectivity index (χ1) is 12.5. The predicted octanol–water partition coefficient (Wildman–Crippen LogP) is 4.63. The zero-order chi connectivity index (χ0) is 20.0. The Labute approximate surface area is 148 Å². The van der Waals surface area contributed by atoms with Gasteiger partial charge in [-0.25, -0.2) is 4.39 Å². The van der Waals surface area contributed by atoms with Crippen molar-refractivity contribution in [2.24, 2.45) is 5.73 Å². The van der Waals surface area contributed by atoms with E-state index in [0.29, 0.717) is 12.1 Å². The van der Waals surface area contributed by atoms with E-state index in [4.69, 9.17) is 15.2 Å². The number of fused-ring (bicyclic) bond motifs is 1. The first-order valence-corrected chi connectivity index (χ1v) is 7.62. The highest BCUT2D eigenvalue weighted by molar-refractivity contribution is 5.77. The fourth-order valence-corrected chi connectivity index (χ4v) is 2.69. The number of ether oxygens (including phenoxy) is 2. The summed E-state index contributed by atoms with van der Waals surface area (Å²) in [5.74, 6) is -1.28. The monoisotopic (exact) mass is 395 g/mol. The Morgan fingerprint density at radius 3 is 2.26 bits per heavy atom. The maximum Gasteiger partial charge on any atom is 0.417 e. The molecule has 0 aromatic heterocycles. The summed E-state index contributed by atoms with van der Waals surface area (Å²) >= 11 is 0. The largest absolute Gasteiger partial charge is 0.486 e. The lowest BCUT2D eigenvalue weighted by atomic mass is 9.95. The first-order valence-electron chi connectivity index (χ1n) is 7.62. The Morgan fingerprint density at radius 1 is 0.963 bits per heavy atom. The van der Waals surface area contributed by atoms with Gasteiger partial charge in [-0.1, -0.05) is 6.07 Å². The van der Waals surface area contributed by atoms with E-state index in [2.05, 4.69) is 0 Å². The average molecular weight is 395 g/mol. The Kier molecular flexibility index (Phi) is 4.71. The van der Waals surface area contributed by atoms with Crippen molar-refractivity contribution in [1.29, 1.82) is 0 Å². The predicted molar refractivity (Wildman–Crippen MR) is 80.8 cm³/mol. The SMILES string of the molecule is NC[C@H]1COc2cc(F)cc(-c3ccc(C(F)(F)F)cc3C(F)(F)F)c2O1. The molecule has 10 heteroatoms. The fourth-order valence-electron chi connectivity index (χ4n) is 2.69. The van der Waals surface area contributed by atoms with Gasteiger partial charge in [-0.05, 0) is 23.8 Å². The minimum absolute atomic E-state index is 0.0171. The van der Waals surface area contributed by atoms with Crippen LogP contribution in [0.1, 0.15) is 11.1 Å². The van der Waals surface area contributed by atoms with E-state index >= 15 is 0 Å². The molecule has 3 rings (SSSR count). The van der Waals surface area contributed by atoms with Crippen molar-refractivity contribution in [3.8, 4) is 22.6 Å². The minimum Gasteiger partial charge on any atom is -0.486 e. The molecule has 146 valence electrons. The van der Waals surface area contributed by atoms with Crippen LogP contribution in [0.5, 0.6) is 11.5 Å². The van der Waals surface area contributed by atoms with E-state index < -0.39 is 41.0 Å². The molecule has 2 N–H and O–H groups in total. The van der Waals surface area contributed by atoms with E-state index in [9.17, 15) is 30.7 Å². The quantitative estimate of drug-likeness (QED) is 0.755. The number of hydrogen-bond acceptors (Lipinski definition) is 3. The molecule has 0 spiro atoms. The molecular weight excluding hydrogens is 383 g/mol. The van der Waals surface area contributed by atoms with Crippen LogP contribution in [-0.2, 0) is 12.4 Å². The third kappa shape index (κ3) is 3.80. The molecule has 27 heavy (non-hydrogen) atoms. The molecule has 3 nitrogen and oxygen atoms in total. The summed E-state index contributed by atoms with van der Waals surface area (Å²) in [5.41, 5.74) is 1.39. The Bertz CT molecular complexity index is 862. The normalized spacial score (nSPS) is 17.1. The molecule has 2 aromatic rings. The number of rotatable bonds is 2. The van der Waals surface area contributed by atoms with E-state index in [1.165, 1.54) is 0 Å². The van der Waals surface area contributed by atoms with Gasteiger partial charge in [0.25, 0.3) is 0 Å². The molecule has 1 aliphatic heterocycles. The van der Waals surface area contributed by atoms with Crippen LogP contribution in [0.25, 0.3) is 11.1 Å². The summed E-state index contributed by atoms with van der Waals surface area (Å²) in [5, 5.41) is 0. The Hall–Kier alpha value is -2.49. The molecule has 0 radical (unpaired) electrons. The molecule has 1 atom stereocenters. The van der Waals surface area contributed by atoms with Crippen LogP contribution < -0.4 is 15.2 Å². The van der Waals surface area contributed by atoms with Gasteiger partial charge in [-0.2, -0.15) is 26.3 Å². The van der Waals surface area contributed by atoms with Crippen molar-refractivity contribution in [3.63, 3.8) is 0 Å². The van der Waals surface area contributed by atoms with E-state index in [1.54, 1.807) is 0 Å². The van der Waals surface area contributed by atoms with E-state index in [0.717, 1.165) is 12.1 Å². The number of benzene rings is 2. The van der Waals surface area contributed by atoms with Crippen molar-refractivity contribution >= 4 is 0 Å². The molecule has 0 bridgehead atoms. The molecule has 0 saturated carbocycles. The highest BCUT2D eigenvalue weighted by atomic mass is 19.4. The highest BCUT2D eigenvalue weighted by Gasteiger charge is 2.39. The smallest absolute Gasteiger partial charge is 0.417 e. The molecule has 0 aliphatic carbocycles. The lowest BCUT2D eigenvalue weighted by molar-refractivity contribution is -0.142. The van der Waals surface area contributed by atoms with Crippen molar-refractivity contribution < 1.29 is 40.2 Å². The Balaban J connectivity index is 2.24. The zero-order valence-electron chi connectivity index (χ0n) is 13.4. The van der Waals surface area contributed by atoms with E-state index in [-0.39, 0.29) is 36.3 Å². The molecule has 1 heterocycles. The summed E-state index contributed by atoms with van der Waals surface area (Å²) in [7, 11) is 0. The molecule has 0 amide bonds. The summed E-state index contributed by atoms with van der Waals surface area (Å²) in [4.78, 5) is 0. The maximum absolute atomic E-state index is 13.9. The van der Waals surface area contributed by atoms with Gasteiger partial charge in [0, 0.05) is 18.2 Å². The maximum atomic E-state index is 13.9. The number of nitrogens with two attached hydrogens (primary N) is 1. The van der Waals surface area contributed by atoms with Crippen LogP contribution in [0.3, 0.4) is 0 Å². The topological polar surface area (TPSA) is 44.5 Å². The van der Waals surface area contributed by atoms with Crippen LogP contribution in [0.2, 0.25) is 0 Å². The molecule has 1 aliphatic rings. The second-order valence-corrected chi connectivity index (χ2v) is 5.82. The molecule has 2 aromatic carbocycles. The van der Waals surface area contributed by atoms with Crippen molar-refractivity contribution in [2.75, 3.05) is 13.2 Å². The van der Waals surface area contributed by atoms with Crippen LogP contribution in [0.4, 0.5) is 30.7 Å². The lowest BCUT2D eigenvalue weighted by Gasteiger charge is -2.28. The van der Waals surface area contributed by atoms with Crippen LogP contribution in [0, 0.1) is 5.82 Å². The van der Waals surface area contributed by atoms with Crippen molar-refractivity contribution in [3.05, 3.63) is 47.3 Å². The van der Waals surface area contributed by atoms with Gasteiger partial charge >= 0.3 is 12.4 Å². The third-order valence-electron chi connectivity index (χ3n) is 3.93. The van der Waals surface area contributed by atoms with Gasteiger partial charge in [0.15, 0.2) is 11.5 Å². The van der Waals surface area contributed by atoms with E-state index in [1.807, 2.05) is 0 Å².